The standard InChI is InChI=1S/C16H26N2S/c1-10(17-15(19)18-14-2-3-14)16-7-11-4-12(8-16)6-13(5-11)9-16/h10-14H,2-9H2,1H3,(H2,17,18,19)/t10-,11?,12?,13?,16?/m0/s1. The third-order valence-electron chi connectivity index (χ3n) is 6.26. The zero-order chi connectivity index (χ0) is 13.0. The van der Waals surface area contributed by atoms with E-state index in [1.54, 1.807) is 0 Å². The largest absolute Gasteiger partial charge is 0.360 e. The van der Waals surface area contributed by atoms with Gasteiger partial charge in [-0.3, -0.25) is 0 Å². The Morgan fingerprint density at radius 2 is 1.58 bits per heavy atom. The summed E-state index contributed by atoms with van der Waals surface area (Å²) in [4.78, 5) is 0. The number of thiocarbonyl (C=S) groups is 1. The van der Waals surface area contributed by atoms with Gasteiger partial charge in [-0.2, -0.15) is 0 Å². The van der Waals surface area contributed by atoms with E-state index in [0.29, 0.717) is 17.5 Å². The molecule has 0 aromatic rings. The van der Waals surface area contributed by atoms with Gasteiger partial charge in [-0.05, 0) is 93.7 Å². The van der Waals surface area contributed by atoms with Gasteiger partial charge < -0.3 is 10.6 Å². The van der Waals surface area contributed by atoms with Crippen molar-refractivity contribution in [1.82, 2.24) is 10.6 Å². The van der Waals surface area contributed by atoms with Crippen LogP contribution in [-0.2, 0) is 0 Å². The van der Waals surface area contributed by atoms with Gasteiger partial charge in [-0.15, -0.1) is 0 Å². The predicted molar refractivity (Wildman–Crippen MR) is 82.0 cm³/mol. The number of nitrogens with one attached hydrogen (secondary N) is 2. The van der Waals surface area contributed by atoms with Crippen molar-refractivity contribution in [1.29, 1.82) is 0 Å². The van der Waals surface area contributed by atoms with E-state index >= 15 is 0 Å². The summed E-state index contributed by atoms with van der Waals surface area (Å²) in [7, 11) is 0. The van der Waals surface area contributed by atoms with Crippen molar-refractivity contribution < 1.29 is 0 Å². The molecule has 0 aromatic carbocycles. The Morgan fingerprint density at radius 3 is 2.05 bits per heavy atom. The monoisotopic (exact) mass is 278 g/mol. The fraction of sp³-hybridized carbons (Fsp3) is 0.938. The number of rotatable bonds is 3. The summed E-state index contributed by atoms with van der Waals surface area (Å²) in [6.07, 6.45) is 11.5. The lowest BCUT2D eigenvalue weighted by molar-refractivity contribution is -0.0672. The second-order valence-electron chi connectivity index (χ2n) is 7.89. The first kappa shape index (κ1) is 12.4. The lowest BCUT2D eigenvalue weighted by atomic mass is 9.48. The van der Waals surface area contributed by atoms with E-state index in [-0.39, 0.29) is 0 Å². The van der Waals surface area contributed by atoms with Crippen LogP contribution in [0.1, 0.15) is 58.3 Å². The molecule has 0 saturated heterocycles. The first-order valence-corrected chi connectivity index (χ1v) is 8.61. The summed E-state index contributed by atoms with van der Waals surface area (Å²) in [5.41, 5.74) is 0.560. The summed E-state index contributed by atoms with van der Waals surface area (Å²) >= 11 is 5.48. The zero-order valence-corrected chi connectivity index (χ0v) is 12.8. The average molecular weight is 278 g/mol. The minimum atomic E-state index is 0.555. The lowest BCUT2D eigenvalue weighted by Gasteiger charge is -2.59. The van der Waals surface area contributed by atoms with Crippen LogP contribution >= 0.6 is 12.2 Å². The first-order valence-electron chi connectivity index (χ1n) is 8.20. The van der Waals surface area contributed by atoms with Gasteiger partial charge in [0.2, 0.25) is 0 Å². The molecule has 0 heterocycles. The summed E-state index contributed by atoms with van der Waals surface area (Å²) in [5, 5.41) is 7.97. The molecule has 5 aliphatic carbocycles. The molecule has 2 nitrogen and oxygen atoms in total. The molecule has 0 spiro atoms. The smallest absolute Gasteiger partial charge is 0.166 e. The fourth-order valence-corrected chi connectivity index (χ4v) is 5.86. The molecular formula is C16H26N2S. The van der Waals surface area contributed by atoms with Gasteiger partial charge in [-0.1, -0.05) is 0 Å². The summed E-state index contributed by atoms with van der Waals surface area (Å²) in [6.45, 7) is 2.38. The SMILES string of the molecule is C[C@H](NC(=S)NC1CC1)C12CC3CC(CC(C3)C1)C2. The topological polar surface area (TPSA) is 24.1 Å². The Balaban J connectivity index is 1.43. The maximum Gasteiger partial charge on any atom is 0.166 e. The van der Waals surface area contributed by atoms with E-state index in [0.717, 1.165) is 22.9 Å². The van der Waals surface area contributed by atoms with Crippen LogP contribution in [0, 0.1) is 23.2 Å². The zero-order valence-electron chi connectivity index (χ0n) is 12.0. The van der Waals surface area contributed by atoms with Crippen molar-refractivity contribution in [3.8, 4) is 0 Å². The number of hydrogen-bond acceptors (Lipinski definition) is 1. The minimum absolute atomic E-state index is 0.555. The highest BCUT2D eigenvalue weighted by Crippen LogP contribution is 2.61. The molecule has 5 fully saturated rings. The molecular weight excluding hydrogens is 252 g/mol. The van der Waals surface area contributed by atoms with E-state index in [4.69, 9.17) is 12.2 Å². The maximum atomic E-state index is 5.48. The normalized spacial score (nSPS) is 45.0. The van der Waals surface area contributed by atoms with Gasteiger partial charge in [0, 0.05) is 12.1 Å². The van der Waals surface area contributed by atoms with Crippen molar-refractivity contribution in [3.63, 3.8) is 0 Å². The maximum absolute atomic E-state index is 5.48. The molecule has 5 aliphatic rings. The highest BCUT2D eigenvalue weighted by molar-refractivity contribution is 7.80. The van der Waals surface area contributed by atoms with Crippen LogP contribution in [0.2, 0.25) is 0 Å². The third-order valence-corrected chi connectivity index (χ3v) is 6.50. The quantitative estimate of drug-likeness (QED) is 0.775. The van der Waals surface area contributed by atoms with Crippen LogP contribution in [0.5, 0.6) is 0 Å². The van der Waals surface area contributed by atoms with Gasteiger partial charge >= 0.3 is 0 Å². The second-order valence-corrected chi connectivity index (χ2v) is 8.30. The molecule has 0 aliphatic heterocycles. The second kappa shape index (κ2) is 4.34. The average Bonchev–Trinajstić information content (AvgIpc) is 3.10. The Bertz CT molecular complexity index is 353. The lowest BCUT2D eigenvalue weighted by Crippen LogP contribution is -2.57. The Hall–Kier alpha value is -0.310. The summed E-state index contributed by atoms with van der Waals surface area (Å²) in [6, 6.07) is 1.23. The molecule has 3 heteroatoms. The van der Waals surface area contributed by atoms with Crippen LogP contribution in [0.15, 0.2) is 0 Å². The van der Waals surface area contributed by atoms with E-state index in [1.165, 1.54) is 51.4 Å². The van der Waals surface area contributed by atoms with E-state index in [2.05, 4.69) is 17.6 Å². The highest BCUT2D eigenvalue weighted by atomic mass is 32.1. The van der Waals surface area contributed by atoms with Crippen LogP contribution in [0.3, 0.4) is 0 Å². The molecule has 1 atom stereocenters. The summed E-state index contributed by atoms with van der Waals surface area (Å²) in [5.74, 6) is 3.08. The van der Waals surface area contributed by atoms with Gasteiger partial charge in [0.25, 0.3) is 0 Å². The molecule has 19 heavy (non-hydrogen) atoms. The predicted octanol–water partition coefficient (Wildman–Crippen LogP) is 3.22. The minimum Gasteiger partial charge on any atom is -0.360 e. The Morgan fingerprint density at radius 1 is 1.05 bits per heavy atom. The third kappa shape index (κ3) is 2.28. The number of hydrogen-bond donors (Lipinski definition) is 2. The Labute approximate surface area is 122 Å². The van der Waals surface area contributed by atoms with Crippen molar-refractivity contribution in [2.75, 3.05) is 0 Å². The molecule has 0 radical (unpaired) electrons. The van der Waals surface area contributed by atoms with Gasteiger partial charge in [-0.25, -0.2) is 0 Å². The molecule has 0 amide bonds. The van der Waals surface area contributed by atoms with E-state index in [1.807, 2.05) is 0 Å². The van der Waals surface area contributed by atoms with Crippen molar-refractivity contribution in [2.45, 2.75) is 70.4 Å². The fourth-order valence-electron chi connectivity index (χ4n) is 5.51. The molecule has 0 unspecified atom stereocenters. The van der Waals surface area contributed by atoms with Crippen molar-refractivity contribution >= 4 is 17.3 Å². The first-order chi connectivity index (χ1) is 9.13. The van der Waals surface area contributed by atoms with Crippen molar-refractivity contribution in [3.05, 3.63) is 0 Å². The molecule has 5 rings (SSSR count). The molecule has 2 N–H and O–H groups in total. The molecule has 4 bridgehead atoms. The molecule has 0 aromatic heterocycles. The van der Waals surface area contributed by atoms with E-state index in [9.17, 15) is 0 Å². The van der Waals surface area contributed by atoms with E-state index < -0.39 is 0 Å². The van der Waals surface area contributed by atoms with Crippen LogP contribution in [-0.4, -0.2) is 17.2 Å². The van der Waals surface area contributed by atoms with Crippen LogP contribution in [0.25, 0.3) is 0 Å². The van der Waals surface area contributed by atoms with Crippen molar-refractivity contribution in [2.24, 2.45) is 23.2 Å². The van der Waals surface area contributed by atoms with Gasteiger partial charge in [0.1, 0.15) is 0 Å². The molecule has 5 saturated carbocycles. The molecule has 106 valence electrons. The van der Waals surface area contributed by atoms with Gasteiger partial charge in [0.05, 0.1) is 0 Å². The van der Waals surface area contributed by atoms with Gasteiger partial charge in [0.15, 0.2) is 5.11 Å². The van der Waals surface area contributed by atoms with Crippen LogP contribution in [0.4, 0.5) is 0 Å². The Kier molecular flexibility index (Phi) is 2.84. The van der Waals surface area contributed by atoms with Crippen LogP contribution < -0.4 is 10.6 Å². The highest BCUT2D eigenvalue weighted by Gasteiger charge is 2.53. The summed E-state index contributed by atoms with van der Waals surface area (Å²) < 4.78 is 0.